The average molecular weight is 324 g/mol. The number of ketones is 2. The van der Waals surface area contributed by atoms with E-state index in [1.54, 1.807) is 0 Å². The van der Waals surface area contributed by atoms with E-state index in [1.807, 2.05) is 19.3 Å². The zero-order valence-corrected chi connectivity index (χ0v) is 13.6. The Hall–Kier alpha value is -2.14. The quantitative estimate of drug-likeness (QED) is 0.874. The molecule has 1 N–H and O–H groups in total. The standard InChI is InChI=1S/C19H20N2O3/c1-20-14-5-3-2-4-13(14)19-6-7-21-9-12(15(23)10-22)11(8-16(19)21)17(24)18(19)20/h2-5,9,11,16,18,22H,6-8,10H2,1H3. The van der Waals surface area contributed by atoms with E-state index in [2.05, 4.69) is 28.0 Å². The highest BCUT2D eigenvalue weighted by molar-refractivity contribution is 6.07. The van der Waals surface area contributed by atoms with Crippen molar-refractivity contribution in [3.8, 4) is 0 Å². The number of nitrogens with zero attached hydrogens (tertiary/aromatic N) is 2. The number of hydrogen-bond donors (Lipinski definition) is 1. The van der Waals surface area contributed by atoms with E-state index >= 15 is 0 Å². The predicted molar refractivity (Wildman–Crippen MR) is 88.7 cm³/mol. The number of benzene rings is 1. The lowest BCUT2D eigenvalue weighted by Gasteiger charge is -2.49. The molecule has 5 rings (SSSR count). The number of para-hydroxylation sites is 1. The normalized spacial score (nSPS) is 35.7. The van der Waals surface area contributed by atoms with Crippen LogP contribution in [-0.4, -0.2) is 53.9 Å². The molecular weight excluding hydrogens is 304 g/mol. The third kappa shape index (κ3) is 1.41. The average Bonchev–Trinajstić information content (AvgIpc) is 3.12. The van der Waals surface area contributed by atoms with E-state index < -0.39 is 6.61 Å². The molecule has 1 aliphatic carbocycles. The molecule has 5 heteroatoms. The van der Waals surface area contributed by atoms with Crippen LogP contribution in [0.3, 0.4) is 0 Å². The first kappa shape index (κ1) is 14.2. The Morgan fingerprint density at radius 1 is 1.38 bits per heavy atom. The second-order valence-corrected chi connectivity index (χ2v) is 7.43. The van der Waals surface area contributed by atoms with E-state index in [-0.39, 0.29) is 35.0 Å². The molecule has 1 aromatic rings. The van der Waals surface area contributed by atoms with Gasteiger partial charge in [-0.05, 0) is 24.5 Å². The lowest BCUT2D eigenvalue weighted by Crippen LogP contribution is -2.63. The second-order valence-electron chi connectivity index (χ2n) is 7.43. The van der Waals surface area contributed by atoms with E-state index in [0.29, 0.717) is 12.0 Å². The molecule has 1 spiro atoms. The van der Waals surface area contributed by atoms with E-state index in [4.69, 9.17) is 0 Å². The molecule has 1 aromatic carbocycles. The molecule has 0 aromatic heterocycles. The molecule has 4 atom stereocenters. The predicted octanol–water partition coefficient (Wildman–Crippen LogP) is 0.865. The highest BCUT2D eigenvalue weighted by Crippen LogP contribution is 2.59. The van der Waals surface area contributed by atoms with Crippen LogP contribution in [0, 0.1) is 5.92 Å². The van der Waals surface area contributed by atoms with Gasteiger partial charge in [0, 0.05) is 42.5 Å². The van der Waals surface area contributed by atoms with Crippen molar-refractivity contribution >= 4 is 17.3 Å². The van der Waals surface area contributed by atoms with Crippen molar-refractivity contribution in [3.63, 3.8) is 0 Å². The van der Waals surface area contributed by atoms with Gasteiger partial charge in [0.1, 0.15) is 6.61 Å². The number of aliphatic hydroxyl groups is 1. The van der Waals surface area contributed by atoms with Crippen molar-refractivity contribution < 1.29 is 14.7 Å². The number of hydrogen-bond acceptors (Lipinski definition) is 5. The molecule has 3 aliphatic heterocycles. The fourth-order valence-corrected chi connectivity index (χ4v) is 5.75. The number of fused-ring (bicyclic) bond motifs is 2. The number of anilines is 1. The number of carbonyl (C=O) groups is 2. The van der Waals surface area contributed by atoms with Crippen molar-refractivity contribution in [1.29, 1.82) is 0 Å². The fourth-order valence-electron chi connectivity index (χ4n) is 5.75. The largest absolute Gasteiger partial charge is 0.388 e. The SMILES string of the molecule is CN1c2ccccc2C23CCN4C=C(C(=O)CO)C(CC42)C(=O)C13. The number of carbonyl (C=O) groups excluding carboxylic acids is 2. The molecule has 3 heterocycles. The van der Waals surface area contributed by atoms with Crippen molar-refractivity contribution in [2.24, 2.45) is 5.92 Å². The lowest BCUT2D eigenvalue weighted by atomic mass is 9.59. The van der Waals surface area contributed by atoms with Gasteiger partial charge in [-0.3, -0.25) is 9.59 Å². The minimum Gasteiger partial charge on any atom is -0.388 e. The Bertz CT molecular complexity index is 802. The summed E-state index contributed by atoms with van der Waals surface area (Å²) in [4.78, 5) is 29.9. The maximum Gasteiger partial charge on any atom is 0.186 e. The lowest BCUT2D eigenvalue weighted by molar-refractivity contribution is -0.131. The van der Waals surface area contributed by atoms with Crippen LogP contribution in [0.5, 0.6) is 0 Å². The van der Waals surface area contributed by atoms with Gasteiger partial charge in [-0.1, -0.05) is 18.2 Å². The van der Waals surface area contributed by atoms with Crippen LogP contribution >= 0.6 is 0 Å². The molecule has 4 aliphatic rings. The van der Waals surface area contributed by atoms with Crippen molar-refractivity contribution in [2.75, 3.05) is 25.1 Å². The summed E-state index contributed by atoms with van der Waals surface area (Å²) in [5, 5.41) is 9.29. The number of Topliss-reactive ketones (excluding diaryl/α,β-unsaturated/α-hetero) is 2. The summed E-state index contributed by atoms with van der Waals surface area (Å²) >= 11 is 0. The highest BCUT2D eigenvalue weighted by Gasteiger charge is 2.66. The molecule has 0 radical (unpaired) electrons. The molecule has 2 fully saturated rings. The summed E-state index contributed by atoms with van der Waals surface area (Å²) in [6.07, 6.45) is 3.48. The van der Waals surface area contributed by atoms with Gasteiger partial charge >= 0.3 is 0 Å². The van der Waals surface area contributed by atoms with Gasteiger partial charge in [-0.2, -0.15) is 0 Å². The second kappa shape index (κ2) is 4.48. The van der Waals surface area contributed by atoms with Crippen molar-refractivity contribution in [2.45, 2.75) is 30.3 Å². The third-order valence-electron chi connectivity index (χ3n) is 6.66. The fraction of sp³-hybridized carbons (Fsp3) is 0.474. The van der Waals surface area contributed by atoms with E-state index in [0.717, 1.165) is 18.7 Å². The van der Waals surface area contributed by atoms with Crippen LogP contribution < -0.4 is 4.90 Å². The van der Waals surface area contributed by atoms with E-state index in [9.17, 15) is 14.7 Å². The monoisotopic (exact) mass is 324 g/mol. The van der Waals surface area contributed by atoms with Crippen LogP contribution in [0.25, 0.3) is 0 Å². The van der Waals surface area contributed by atoms with Crippen LogP contribution in [-0.2, 0) is 15.0 Å². The Morgan fingerprint density at radius 3 is 2.96 bits per heavy atom. The molecule has 0 amide bonds. The van der Waals surface area contributed by atoms with Crippen LogP contribution in [0.1, 0.15) is 18.4 Å². The Kier molecular flexibility index (Phi) is 2.65. The van der Waals surface area contributed by atoms with E-state index in [1.165, 1.54) is 5.56 Å². The maximum atomic E-state index is 13.4. The van der Waals surface area contributed by atoms with Gasteiger partial charge in [-0.25, -0.2) is 0 Å². The van der Waals surface area contributed by atoms with Gasteiger partial charge in [0.15, 0.2) is 11.6 Å². The third-order valence-corrected chi connectivity index (χ3v) is 6.66. The van der Waals surface area contributed by atoms with Crippen LogP contribution in [0.15, 0.2) is 36.0 Å². The topological polar surface area (TPSA) is 60.9 Å². The smallest absolute Gasteiger partial charge is 0.186 e. The van der Waals surface area contributed by atoms with Gasteiger partial charge in [0.2, 0.25) is 0 Å². The highest BCUT2D eigenvalue weighted by atomic mass is 16.3. The molecule has 1 saturated heterocycles. The minimum absolute atomic E-state index is 0.138. The van der Waals surface area contributed by atoms with Gasteiger partial charge < -0.3 is 14.9 Å². The van der Waals surface area contributed by atoms with Gasteiger partial charge in [0.05, 0.1) is 12.0 Å². The number of likely N-dealkylation sites (N-methyl/N-ethyl adjacent to an activating group) is 1. The van der Waals surface area contributed by atoms with Crippen molar-refractivity contribution in [3.05, 3.63) is 41.6 Å². The molecule has 124 valence electrons. The summed E-state index contributed by atoms with van der Waals surface area (Å²) in [5.41, 5.74) is 2.75. The molecule has 5 nitrogen and oxygen atoms in total. The molecule has 4 unspecified atom stereocenters. The summed E-state index contributed by atoms with van der Waals surface area (Å²) < 4.78 is 0. The first-order chi connectivity index (χ1) is 11.6. The summed E-state index contributed by atoms with van der Waals surface area (Å²) in [7, 11) is 2.00. The van der Waals surface area contributed by atoms with Gasteiger partial charge in [-0.15, -0.1) is 0 Å². The zero-order valence-electron chi connectivity index (χ0n) is 13.6. The summed E-state index contributed by atoms with van der Waals surface area (Å²) in [6.45, 7) is 0.325. The number of aliphatic hydroxyl groups excluding tert-OH is 1. The first-order valence-electron chi connectivity index (χ1n) is 8.57. The summed E-state index contributed by atoms with van der Waals surface area (Å²) in [6, 6.07) is 8.38. The molecular formula is C19H20N2O3. The number of rotatable bonds is 2. The maximum absolute atomic E-state index is 13.4. The molecule has 2 bridgehead atoms. The zero-order chi connectivity index (χ0) is 16.6. The minimum atomic E-state index is -0.528. The molecule has 1 saturated carbocycles. The van der Waals surface area contributed by atoms with Crippen LogP contribution in [0.2, 0.25) is 0 Å². The van der Waals surface area contributed by atoms with Crippen molar-refractivity contribution in [1.82, 2.24) is 4.90 Å². The Balaban J connectivity index is 1.72. The molecule has 24 heavy (non-hydrogen) atoms. The van der Waals surface area contributed by atoms with Crippen LogP contribution in [0.4, 0.5) is 5.69 Å². The Labute approximate surface area is 140 Å². The Morgan fingerprint density at radius 2 is 2.17 bits per heavy atom. The summed E-state index contributed by atoms with van der Waals surface area (Å²) in [5.74, 6) is -0.553. The van der Waals surface area contributed by atoms with Gasteiger partial charge in [0.25, 0.3) is 0 Å². The first-order valence-corrected chi connectivity index (χ1v) is 8.57.